The first-order valence-corrected chi connectivity index (χ1v) is 9.49. The third-order valence-electron chi connectivity index (χ3n) is 4.57. The molecule has 134 valence electrons. The molecule has 2 aromatic rings. The standard InChI is InChI=1S/C18H19ClFNO3S/c1-10-4-2-3-5-13(10)21-15(22)9-24-18(23)17-16(19)12-7-6-11(20)8-14(12)25-17/h6-8,10,13H,2-5,9H2,1H3,(H,21,22). The summed E-state index contributed by atoms with van der Waals surface area (Å²) in [6.07, 6.45) is 4.34. The van der Waals surface area contributed by atoms with E-state index in [-0.39, 0.29) is 28.5 Å². The van der Waals surface area contributed by atoms with Crippen LogP contribution in [0.25, 0.3) is 10.1 Å². The molecule has 0 radical (unpaired) electrons. The molecule has 0 aliphatic heterocycles. The highest BCUT2D eigenvalue weighted by atomic mass is 35.5. The average Bonchev–Trinajstić information content (AvgIpc) is 2.91. The smallest absolute Gasteiger partial charge is 0.350 e. The monoisotopic (exact) mass is 383 g/mol. The van der Waals surface area contributed by atoms with Gasteiger partial charge >= 0.3 is 5.97 Å². The van der Waals surface area contributed by atoms with Crippen molar-refractivity contribution in [3.63, 3.8) is 0 Å². The molecule has 1 aromatic carbocycles. The summed E-state index contributed by atoms with van der Waals surface area (Å²) in [4.78, 5) is 24.4. The fourth-order valence-electron chi connectivity index (χ4n) is 3.15. The minimum absolute atomic E-state index is 0.135. The topological polar surface area (TPSA) is 55.4 Å². The Labute approximate surface area is 154 Å². The van der Waals surface area contributed by atoms with E-state index in [2.05, 4.69) is 12.2 Å². The van der Waals surface area contributed by atoms with Crippen LogP contribution in [0.3, 0.4) is 0 Å². The fourth-order valence-corrected chi connectivity index (χ4v) is 4.57. The lowest BCUT2D eigenvalue weighted by Crippen LogP contribution is -2.42. The molecule has 2 unspecified atom stereocenters. The van der Waals surface area contributed by atoms with Crippen LogP contribution < -0.4 is 5.32 Å². The van der Waals surface area contributed by atoms with E-state index < -0.39 is 11.8 Å². The molecule has 2 atom stereocenters. The first-order valence-electron chi connectivity index (χ1n) is 8.29. The van der Waals surface area contributed by atoms with Gasteiger partial charge in [-0.05, 0) is 37.0 Å². The molecule has 0 bridgehead atoms. The van der Waals surface area contributed by atoms with Gasteiger partial charge < -0.3 is 10.1 Å². The van der Waals surface area contributed by atoms with Crippen LogP contribution in [0.1, 0.15) is 42.3 Å². The Morgan fingerprint density at radius 1 is 1.36 bits per heavy atom. The second-order valence-electron chi connectivity index (χ2n) is 6.40. The predicted molar refractivity (Wildman–Crippen MR) is 96.6 cm³/mol. The highest BCUT2D eigenvalue weighted by Gasteiger charge is 2.24. The van der Waals surface area contributed by atoms with Gasteiger partial charge in [-0.15, -0.1) is 11.3 Å². The second-order valence-corrected chi connectivity index (χ2v) is 7.83. The highest BCUT2D eigenvalue weighted by Crippen LogP contribution is 2.36. The molecule has 1 fully saturated rings. The number of rotatable bonds is 4. The molecule has 1 aliphatic carbocycles. The van der Waals surface area contributed by atoms with E-state index in [1.54, 1.807) is 0 Å². The van der Waals surface area contributed by atoms with E-state index in [0.29, 0.717) is 16.0 Å². The minimum atomic E-state index is -0.668. The zero-order valence-corrected chi connectivity index (χ0v) is 15.4. The van der Waals surface area contributed by atoms with Gasteiger partial charge in [-0.3, -0.25) is 4.79 Å². The van der Waals surface area contributed by atoms with Gasteiger partial charge in [0.05, 0.1) is 5.02 Å². The number of halogens is 2. The number of thiophene rings is 1. The Bertz CT molecular complexity index is 807. The summed E-state index contributed by atoms with van der Waals surface area (Å²) in [7, 11) is 0. The Balaban J connectivity index is 1.60. The van der Waals surface area contributed by atoms with Gasteiger partial charge in [0.2, 0.25) is 0 Å². The highest BCUT2D eigenvalue weighted by molar-refractivity contribution is 7.21. The summed E-state index contributed by atoms with van der Waals surface area (Å²) in [5, 5.41) is 3.75. The van der Waals surface area contributed by atoms with Gasteiger partial charge in [-0.25, -0.2) is 9.18 Å². The zero-order valence-electron chi connectivity index (χ0n) is 13.8. The number of carbonyl (C=O) groups is 2. The Morgan fingerprint density at radius 2 is 2.12 bits per heavy atom. The lowest BCUT2D eigenvalue weighted by atomic mass is 9.86. The zero-order chi connectivity index (χ0) is 18.0. The summed E-state index contributed by atoms with van der Waals surface area (Å²) in [6.45, 7) is 1.77. The lowest BCUT2D eigenvalue weighted by Gasteiger charge is -2.29. The van der Waals surface area contributed by atoms with Crippen LogP contribution in [0.4, 0.5) is 4.39 Å². The molecule has 1 aliphatic rings. The molecule has 0 saturated heterocycles. The molecule has 0 spiro atoms. The van der Waals surface area contributed by atoms with E-state index in [1.807, 2.05) is 0 Å². The predicted octanol–water partition coefficient (Wildman–Crippen LogP) is 4.55. The quantitative estimate of drug-likeness (QED) is 0.788. The number of fused-ring (bicyclic) bond motifs is 1. The van der Waals surface area contributed by atoms with Crippen LogP contribution in [0, 0.1) is 11.7 Å². The lowest BCUT2D eigenvalue weighted by molar-refractivity contribution is -0.125. The van der Waals surface area contributed by atoms with Crippen LogP contribution >= 0.6 is 22.9 Å². The van der Waals surface area contributed by atoms with Crippen molar-refractivity contribution in [1.29, 1.82) is 0 Å². The Kier molecular flexibility index (Phi) is 5.59. The van der Waals surface area contributed by atoms with Crippen LogP contribution in [0.15, 0.2) is 18.2 Å². The molecule has 1 heterocycles. The van der Waals surface area contributed by atoms with Crippen molar-refractivity contribution in [2.45, 2.75) is 38.6 Å². The number of esters is 1. The van der Waals surface area contributed by atoms with E-state index in [1.165, 1.54) is 24.6 Å². The number of ether oxygens (including phenoxy) is 1. The normalized spacial score (nSPS) is 20.4. The van der Waals surface area contributed by atoms with Gasteiger partial charge in [0.25, 0.3) is 5.91 Å². The SMILES string of the molecule is CC1CCCCC1NC(=O)COC(=O)c1sc2cc(F)ccc2c1Cl. The summed E-state index contributed by atoms with van der Waals surface area (Å²) >= 11 is 7.24. The van der Waals surface area contributed by atoms with Crippen LogP contribution in [-0.4, -0.2) is 24.5 Å². The number of amides is 1. The molecule has 1 N–H and O–H groups in total. The maximum Gasteiger partial charge on any atom is 0.350 e. The summed E-state index contributed by atoms with van der Waals surface area (Å²) in [5.41, 5.74) is 0. The van der Waals surface area contributed by atoms with Crippen LogP contribution in [-0.2, 0) is 9.53 Å². The number of hydrogen-bond donors (Lipinski definition) is 1. The summed E-state index contributed by atoms with van der Waals surface area (Å²) in [5.74, 6) is -0.944. The van der Waals surface area contributed by atoms with Gasteiger partial charge in [-0.2, -0.15) is 0 Å². The van der Waals surface area contributed by atoms with E-state index in [4.69, 9.17) is 16.3 Å². The Morgan fingerprint density at radius 3 is 2.88 bits per heavy atom. The number of carbonyl (C=O) groups excluding carboxylic acids is 2. The van der Waals surface area contributed by atoms with Crippen LogP contribution in [0.2, 0.25) is 5.02 Å². The van der Waals surface area contributed by atoms with Crippen molar-refractivity contribution in [1.82, 2.24) is 5.32 Å². The van der Waals surface area contributed by atoms with Crippen LogP contribution in [0.5, 0.6) is 0 Å². The van der Waals surface area contributed by atoms with Crippen molar-refractivity contribution in [2.24, 2.45) is 5.92 Å². The molecule has 25 heavy (non-hydrogen) atoms. The average molecular weight is 384 g/mol. The number of nitrogens with one attached hydrogen (secondary N) is 1. The molecular weight excluding hydrogens is 365 g/mol. The second kappa shape index (κ2) is 7.70. The summed E-state index contributed by atoms with van der Waals surface area (Å²) < 4.78 is 18.9. The maximum atomic E-state index is 13.3. The van der Waals surface area contributed by atoms with Crippen molar-refractivity contribution in [3.05, 3.63) is 33.9 Å². The van der Waals surface area contributed by atoms with E-state index in [9.17, 15) is 14.0 Å². The van der Waals surface area contributed by atoms with Crippen molar-refractivity contribution >= 4 is 44.9 Å². The first-order chi connectivity index (χ1) is 12.0. The first kappa shape index (κ1) is 18.1. The van der Waals surface area contributed by atoms with Gasteiger partial charge in [-0.1, -0.05) is 31.4 Å². The number of benzene rings is 1. The van der Waals surface area contributed by atoms with Gasteiger partial charge in [0.15, 0.2) is 6.61 Å². The van der Waals surface area contributed by atoms with Crippen molar-refractivity contribution < 1.29 is 18.7 Å². The minimum Gasteiger partial charge on any atom is -0.451 e. The molecular formula is C18H19ClFNO3S. The molecule has 1 saturated carbocycles. The Hall–Kier alpha value is -1.66. The third-order valence-corrected chi connectivity index (χ3v) is 6.21. The number of hydrogen-bond acceptors (Lipinski definition) is 4. The molecule has 1 aromatic heterocycles. The molecule has 7 heteroatoms. The molecule has 4 nitrogen and oxygen atoms in total. The molecule has 1 amide bonds. The van der Waals surface area contributed by atoms with Crippen molar-refractivity contribution in [3.8, 4) is 0 Å². The van der Waals surface area contributed by atoms with Gasteiger partial charge in [0, 0.05) is 16.1 Å². The van der Waals surface area contributed by atoms with Gasteiger partial charge in [0.1, 0.15) is 10.7 Å². The van der Waals surface area contributed by atoms with E-state index >= 15 is 0 Å². The van der Waals surface area contributed by atoms with Crippen molar-refractivity contribution in [2.75, 3.05) is 6.61 Å². The fraction of sp³-hybridized carbons (Fsp3) is 0.444. The third kappa shape index (κ3) is 4.12. The van der Waals surface area contributed by atoms with E-state index in [0.717, 1.165) is 30.6 Å². The largest absolute Gasteiger partial charge is 0.451 e. The molecule has 3 rings (SSSR count). The summed E-state index contributed by atoms with van der Waals surface area (Å²) in [6, 6.07) is 4.27. The maximum absolute atomic E-state index is 13.3.